The number of nitrogens with one attached hydrogen (secondary N) is 2. The Hall–Kier alpha value is -1.38. The summed E-state index contributed by atoms with van der Waals surface area (Å²) in [6.07, 6.45) is 0. The highest BCUT2D eigenvalue weighted by Gasteiger charge is 2.18. The fourth-order valence-corrected chi connectivity index (χ4v) is 3.63. The molecule has 1 amide bonds. The molecule has 1 aromatic carbocycles. The Bertz CT molecular complexity index is 667. The van der Waals surface area contributed by atoms with Crippen molar-refractivity contribution in [3.8, 4) is 0 Å². The fraction of sp³-hybridized carbons (Fsp3) is 0.308. The SMILES string of the molecule is CCNc1nnc(SC(C)C(=O)Nc2ccc(Cl)cc2F)s1. The lowest BCUT2D eigenvalue weighted by Gasteiger charge is -2.11. The van der Waals surface area contributed by atoms with Crippen LogP contribution in [0.5, 0.6) is 0 Å². The first-order valence-electron chi connectivity index (χ1n) is 6.49. The Labute approximate surface area is 140 Å². The molecule has 0 radical (unpaired) electrons. The lowest BCUT2D eigenvalue weighted by molar-refractivity contribution is -0.115. The van der Waals surface area contributed by atoms with Crippen LogP contribution in [-0.4, -0.2) is 27.9 Å². The summed E-state index contributed by atoms with van der Waals surface area (Å²) in [5.41, 5.74) is 0.104. The molecule has 118 valence electrons. The predicted molar refractivity (Wildman–Crippen MR) is 89.4 cm³/mol. The lowest BCUT2D eigenvalue weighted by atomic mass is 10.3. The molecule has 5 nitrogen and oxygen atoms in total. The van der Waals surface area contributed by atoms with Crippen molar-refractivity contribution in [2.45, 2.75) is 23.4 Å². The molecule has 0 saturated carbocycles. The van der Waals surface area contributed by atoms with Crippen LogP contribution in [0.1, 0.15) is 13.8 Å². The van der Waals surface area contributed by atoms with Crippen molar-refractivity contribution < 1.29 is 9.18 Å². The summed E-state index contributed by atoms with van der Waals surface area (Å²) in [4.78, 5) is 12.1. The Morgan fingerprint density at radius 1 is 1.50 bits per heavy atom. The van der Waals surface area contributed by atoms with E-state index in [1.165, 1.54) is 35.2 Å². The molecule has 9 heteroatoms. The first-order valence-corrected chi connectivity index (χ1v) is 8.57. The van der Waals surface area contributed by atoms with Crippen molar-refractivity contribution in [1.82, 2.24) is 10.2 Å². The fourth-order valence-electron chi connectivity index (χ4n) is 1.51. The Balaban J connectivity index is 1.96. The highest BCUT2D eigenvalue weighted by molar-refractivity contribution is 8.02. The summed E-state index contributed by atoms with van der Waals surface area (Å²) in [5.74, 6) is -0.880. The van der Waals surface area contributed by atoms with Gasteiger partial charge in [0, 0.05) is 11.6 Å². The zero-order valence-electron chi connectivity index (χ0n) is 11.9. The number of hydrogen-bond acceptors (Lipinski definition) is 6. The maximum absolute atomic E-state index is 13.7. The van der Waals surface area contributed by atoms with Crippen LogP contribution in [0.2, 0.25) is 5.02 Å². The summed E-state index contributed by atoms with van der Waals surface area (Å²) in [6, 6.07) is 4.11. The highest BCUT2D eigenvalue weighted by Crippen LogP contribution is 2.29. The van der Waals surface area contributed by atoms with Crippen LogP contribution in [0.3, 0.4) is 0 Å². The number of nitrogens with zero attached hydrogens (tertiary/aromatic N) is 2. The quantitative estimate of drug-likeness (QED) is 0.765. The van der Waals surface area contributed by atoms with E-state index in [-0.39, 0.29) is 16.6 Å². The molecule has 2 N–H and O–H groups in total. The predicted octanol–water partition coefficient (Wildman–Crippen LogP) is 3.88. The molecule has 0 aliphatic rings. The van der Waals surface area contributed by atoms with Crippen molar-refractivity contribution in [2.75, 3.05) is 17.2 Å². The van der Waals surface area contributed by atoms with Crippen LogP contribution < -0.4 is 10.6 Å². The maximum Gasteiger partial charge on any atom is 0.237 e. The van der Waals surface area contributed by atoms with Crippen molar-refractivity contribution in [2.24, 2.45) is 0 Å². The van der Waals surface area contributed by atoms with Gasteiger partial charge in [0.15, 0.2) is 4.34 Å². The van der Waals surface area contributed by atoms with Gasteiger partial charge in [-0.15, -0.1) is 10.2 Å². The summed E-state index contributed by atoms with van der Waals surface area (Å²) >= 11 is 8.32. The summed E-state index contributed by atoms with van der Waals surface area (Å²) in [6.45, 7) is 4.44. The number of benzene rings is 1. The molecule has 0 bridgehead atoms. The third-order valence-corrected chi connectivity index (χ3v) is 4.87. The second kappa shape index (κ2) is 7.75. The molecule has 1 unspecified atom stereocenters. The molecule has 0 fully saturated rings. The van der Waals surface area contributed by atoms with E-state index in [4.69, 9.17) is 11.6 Å². The van der Waals surface area contributed by atoms with Crippen molar-refractivity contribution in [1.29, 1.82) is 0 Å². The molecule has 2 rings (SSSR count). The van der Waals surface area contributed by atoms with Gasteiger partial charge in [0.2, 0.25) is 11.0 Å². The number of carbonyl (C=O) groups is 1. The average molecular weight is 361 g/mol. The van der Waals surface area contributed by atoms with Crippen LogP contribution >= 0.6 is 34.7 Å². The third kappa shape index (κ3) is 4.56. The van der Waals surface area contributed by atoms with Gasteiger partial charge in [-0.25, -0.2) is 4.39 Å². The molecule has 0 spiro atoms. The van der Waals surface area contributed by atoms with E-state index in [1.54, 1.807) is 6.92 Å². The van der Waals surface area contributed by atoms with Gasteiger partial charge in [-0.3, -0.25) is 4.79 Å². The second-order valence-electron chi connectivity index (χ2n) is 4.28. The van der Waals surface area contributed by atoms with E-state index in [0.717, 1.165) is 12.6 Å². The van der Waals surface area contributed by atoms with Crippen LogP contribution in [0.15, 0.2) is 22.5 Å². The number of rotatable bonds is 6. The Morgan fingerprint density at radius 2 is 2.27 bits per heavy atom. The van der Waals surface area contributed by atoms with E-state index >= 15 is 0 Å². The zero-order valence-corrected chi connectivity index (χ0v) is 14.3. The molecule has 0 aliphatic heterocycles. The van der Waals surface area contributed by atoms with Gasteiger partial charge in [-0.05, 0) is 32.0 Å². The van der Waals surface area contributed by atoms with Gasteiger partial charge in [-0.1, -0.05) is 34.7 Å². The largest absolute Gasteiger partial charge is 0.360 e. The van der Waals surface area contributed by atoms with Crippen LogP contribution in [0.4, 0.5) is 15.2 Å². The number of amides is 1. The number of hydrogen-bond donors (Lipinski definition) is 2. The number of thioether (sulfide) groups is 1. The zero-order chi connectivity index (χ0) is 16.1. The standard InChI is InChI=1S/C13H14ClFN4OS2/c1-3-16-12-18-19-13(22-12)21-7(2)11(20)17-10-5-4-8(14)6-9(10)15/h4-7H,3H2,1-2H3,(H,16,18)(H,17,20). The minimum atomic E-state index is -0.566. The number of carbonyl (C=O) groups excluding carboxylic acids is 1. The van der Waals surface area contributed by atoms with Gasteiger partial charge >= 0.3 is 0 Å². The monoisotopic (exact) mass is 360 g/mol. The van der Waals surface area contributed by atoms with Crippen LogP contribution in [-0.2, 0) is 4.79 Å². The van der Waals surface area contributed by atoms with Gasteiger partial charge in [0.1, 0.15) is 5.82 Å². The van der Waals surface area contributed by atoms with Crippen molar-refractivity contribution >= 4 is 51.4 Å². The summed E-state index contributed by atoms with van der Waals surface area (Å²) in [5, 5.41) is 14.1. The molecular formula is C13H14ClFN4OS2. The number of aromatic nitrogens is 2. The molecule has 22 heavy (non-hydrogen) atoms. The van der Waals surface area contributed by atoms with Crippen LogP contribution in [0.25, 0.3) is 0 Å². The topological polar surface area (TPSA) is 66.9 Å². The van der Waals surface area contributed by atoms with Gasteiger partial charge in [0.05, 0.1) is 10.9 Å². The lowest BCUT2D eigenvalue weighted by Crippen LogP contribution is -2.22. The molecular weight excluding hydrogens is 347 g/mol. The van der Waals surface area contributed by atoms with E-state index in [2.05, 4.69) is 20.8 Å². The van der Waals surface area contributed by atoms with Gasteiger partial charge in [-0.2, -0.15) is 0 Å². The van der Waals surface area contributed by atoms with Gasteiger partial charge < -0.3 is 10.6 Å². The van der Waals surface area contributed by atoms with E-state index in [0.29, 0.717) is 9.47 Å². The molecule has 1 heterocycles. The van der Waals surface area contributed by atoms with E-state index < -0.39 is 11.1 Å². The third-order valence-electron chi connectivity index (χ3n) is 2.57. The summed E-state index contributed by atoms with van der Waals surface area (Å²) in [7, 11) is 0. The van der Waals surface area contributed by atoms with Crippen molar-refractivity contribution in [3.05, 3.63) is 29.0 Å². The average Bonchev–Trinajstić information content (AvgIpc) is 2.89. The number of halogens is 2. The molecule has 1 atom stereocenters. The van der Waals surface area contributed by atoms with Gasteiger partial charge in [0.25, 0.3) is 0 Å². The maximum atomic E-state index is 13.7. The van der Waals surface area contributed by atoms with E-state index in [1.807, 2.05) is 6.92 Å². The normalized spacial score (nSPS) is 12.0. The highest BCUT2D eigenvalue weighted by atomic mass is 35.5. The molecule has 0 aliphatic carbocycles. The van der Waals surface area contributed by atoms with Crippen molar-refractivity contribution in [3.63, 3.8) is 0 Å². The molecule has 2 aromatic rings. The smallest absolute Gasteiger partial charge is 0.237 e. The first kappa shape index (κ1) is 17.0. The first-order chi connectivity index (χ1) is 10.5. The Kier molecular flexibility index (Phi) is 5.98. The minimum Gasteiger partial charge on any atom is -0.360 e. The summed E-state index contributed by atoms with van der Waals surface area (Å²) < 4.78 is 14.3. The van der Waals surface area contributed by atoms with E-state index in [9.17, 15) is 9.18 Å². The minimum absolute atomic E-state index is 0.104. The Morgan fingerprint density at radius 3 is 2.95 bits per heavy atom. The number of anilines is 2. The van der Waals surface area contributed by atoms with Crippen LogP contribution in [0, 0.1) is 5.82 Å². The molecule has 1 aromatic heterocycles. The second-order valence-corrected chi connectivity index (χ2v) is 7.28. The molecule has 0 saturated heterocycles.